The lowest BCUT2D eigenvalue weighted by atomic mass is 10.3. The van der Waals surface area contributed by atoms with E-state index in [0.29, 0.717) is 34.4 Å². The van der Waals surface area contributed by atoms with E-state index in [-0.39, 0.29) is 11.7 Å². The second-order valence-electron chi connectivity index (χ2n) is 6.73. The third-order valence-corrected chi connectivity index (χ3v) is 7.11. The molecule has 0 aliphatic carbocycles. The molecule has 8 heteroatoms. The van der Waals surface area contributed by atoms with Crippen LogP contribution in [0, 0.1) is 5.82 Å². The van der Waals surface area contributed by atoms with Crippen LogP contribution in [0.2, 0.25) is 5.02 Å². The molecule has 0 bridgehead atoms. The third kappa shape index (κ3) is 6.17. The molecule has 4 nitrogen and oxygen atoms in total. The number of hydrogen-bond acceptors (Lipinski definition) is 5. The van der Waals surface area contributed by atoms with Crippen LogP contribution < -0.4 is 4.90 Å². The van der Waals surface area contributed by atoms with Crippen molar-refractivity contribution < 1.29 is 9.18 Å². The van der Waals surface area contributed by atoms with Crippen LogP contribution in [0.4, 0.5) is 9.52 Å². The van der Waals surface area contributed by atoms with Gasteiger partial charge in [0.25, 0.3) is 0 Å². The van der Waals surface area contributed by atoms with Crippen molar-refractivity contribution in [2.45, 2.75) is 25.2 Å². The number of carbonyl (C=O) groups excluding carboxylic acids is 1. The van der Waals surface area contributed by atoms with Gasteiger partial charge in [-0.2, -0.15) is 0 Å². The maximum Gasteiger partial charge on any atom is 0.229 e. The molecule has 2 aromatic carbocycles. The van der Waals surface area contributed by atoms with E-state index >= 15 is 0 Å². The van der Waals surface area contributed by atoms with Gasteiger partial charge in [-0.25, -0.2) is 9.37 Å². The molecule has 0 saturated carbocycles. The van der Waals surface area contributed by atoms with E-state index in [0.717, 1.165) is 29.2 Å². The summed E-state index contributed by atoms with van der Waals surface area (Å²) in [6, 6.07) is 12.1. The van der Waals surface area contributed by atoms with Crippen LogP contribution in [-0.4, -0.2) is 47.7 Å². The number of carbonyl (C=O) groups is 1. The van der Waals surface area contributed by atoms with Gasteiger partial charge in [-0.3, -0.25) is 9.69 Å². The number of rotatable bonds is 10. The molecule has 160 valence electrons. The molecular weight excluding hydrogens is 441 g/mol. The van der Waals surface area contributed by atoms with Crippen molar-refractivity contribution in [1.82, 2.24) is 9.88 Å². The molecule has 3 aromatic rings. The fourth-order valence-electron chi connectivity index (χ4n) is 3.03. The number of amides is 1. The zero-order valence-electron chi connectivity index (χ0n) is 17.1. The first-order valence-electron chi connectivity index (χ1n) is 9.97. The summed E-state index contributed by atoms with van der Waals surface area (Å²) in [5, 5.41) is 1.33. The zero-order valence-corrected chi connectivity index (χ0v) is 19.5. The van der Waals surface area contributed by atoms with Crippen LogP contribution in [-0.2, 0) is 4.79 Å². The molecule has 0 fully saturated rings. The van der Waals surface area contributed by atoms with Gasteiger partial charge >= 0.3 is 0 Å². The van der Waals surface area contributed by atoms with E-state index in [1.165, 1.54) is 23.5 Å². The molecule has 0 radical (unpaired) electrons. The van der Waals surface area contributed by atoms with E-state index in [1.807, 2.05) is 24.3 Å². The minimum Gasteiger partial charge on any atom is -0.302 e. The van der Waals surface area contributed by atoms with Gasteiger partial charge < -0.3 is 4.90 Å². The summed E-state index contributed by atoms with van der Waals surface area (Å²) in [5.41, 5.74) is 0.715. The van der Waals surface area contributed by atoms with Gasteiger partial charge in [-0.15, -0.1) is 11.8 Å². The van der Waals surface area contributed by atoms with Crippen molar-refractivity contribution in [2.75, 3.05) is 36.8 Å². The minimum absolute atomic E-state index is 0.0307. The average molecular weight is 466 g/mol. The van der Waals surface area contributed by atoms with Crippen LogP contribution >= 0.6 is 34.7 Å². The summed E-state index contributed by atoms with van der Waals surface area (Å²) in [6.45, 7) is 7.41. The van der Waals surface area contributed by atoms with Crippen LogP contribution in [0.5, 0.6) is 0 Å². The number of thiazole rings is 1. The van der Waals surface area contributed by atoms with Gasteiger partial charge in [0.1, 0.15) is 5.82 Å². The van der Waals surface area contributed by atoms with E-state index in [4.69, 9.17) is 11.6 Å². The fourth-order valence-corrected chi connectivity index (χ4v) is 5.03. The Morgan fingerprint density at radius 1 is 1.13 bits per heavy atom. The number of nitrogens with zero attached hydrogens (tertiary/aromatic N) is 3. The number of anilines is 1. The second kappa shape index (κ2) is 11.1. The highest BCUT2D eigenvalue weighted by Gasteiger charge is 2.20. The molecule has 0 aliphatic rings. The summed E-state index contributed by atoms with van der Waals surface area (Å²) in [4.78, 5) is 22.8. The van der Waals surface area contributed by atoms with E-state index in [2.05, 4.69) is 23.7 Å². The molecule has 0 saturated heterocycles. The molecule has 0 spiro atoms. The monoisotopic (exact) mass is 465 g/mol. The van der Waals surface area contributed by atoms with Crippen molar-refractivity contribution in [3.05, 3.63) is 53.3 Å². The van der Waals surface area contributed by atoms with Gasteiger partial charge in [-0.05, 0) is 55.6 Å². The Kier molecular flexibility index (Phi) is 8.50. The third-order valence-electron chi connectivity index (χ3n) is 4.80. The van der Waals surface area contributed by atoms with Gasteiger partial charge in [0.2, 0.25) is 5.91 Å². The van der Waals surface area contributed by atoms with Gasteiger partial charge in [0, 0.05) is 35.2 Å². The van der Waals surface area contributed by atoms with Crippen LogP contribution in [0.3, 0.4) is 0 Å². The van der Waals surface area contributed by atoms with Crippen LogP contribution in [0.25, 0.3) is 10.2 Å². The van der Waals surface area contributed by atoms with Gasteiger partial charge in [0.05, 0.1) is 10.2 Å². The Morgan fingerprint density at radius 2 is 1.87 bits per heavy atom. The van der Waals surface area contributed by atoms with E-state index < -0.39 is 0 Å². The van der Waals surface area contributed by atoms with Crippen molar-refractivity contribution in [2.24, 2.45) is 0 Å². The maximum atomic E-state index is 13.6. The predicted molar refractivity (Wildman–Crippen MR) is 127 cm³/mol. The summed E-state index contributed by atoms with van der Waals surface area (Å²) in [6.07, 6.45) is 0.399. The molecule has 0 aliphatic heterocycles. The molecule has 1 amide bonds. The molecule has 1 heterocycles. The molecule has 1 aromatic heterocycles. The lowest BCUT2D eigenvalue weighted by Gasteiger charge is -2.24. The number of halogens is 2. The molecule has 3 rings (SSSR count). The van der Waals surface area contributed by atoms with Crippen molar-refractivity contribution >= 4 is 56.0 Å². The summed E-state index contributed by atoms with van der Waals surface area (Å²) < 4.78 is 14.3. The molecule has 0 unspecified atom stereocenters. The normalized spacial score (nSPS) is 11.4. The molecule has 30 heavy (non-hydrogen) atoms. The first-order chi connectivity index (χ1) is 14.5. The highest BCUT2D eigenvalue weighted by molar-refractivity contribution is 7.99. The highest BCUT2D eigenvalue weighted by atomic mass is 35.5. The standard InChI is InChI=1S/C22H25ClFN3OS2/c1-3-26(4-2)12-13-27(22-25-19-10-7-17(24)15-20(19)30-22)21(28)11-14-29-18-8-5-16(23)6-9-18/h5-10,15H,3-4,11-14H2,1-2H3. The van der Waals surface area contributed by atoms with Crippen molar-refractivity contribution in [3.63, 3.8) is 0 Å². The molecule has 0 atom stereocenters. The number of aromatic nitrogens is 1. The Balaban J connectivity index is 1.71. The Labute approximate surface area is 190 Å². The SMILES string of the molecule is CCN(CC)CCN(C(=O)CCSc1ccc(Cl)cc1)c1nc2ccc(F)cc2s1. The summed E-state index contributed by atoms with van der Waals surface area (Å²) in [5.74, 6) is 0.406. The van der Waals surface area contributed by atoms with E-state index in [9.17, 15) is 9.18 Å². The number of thioether (sulfide) groups is 1. The molecular formula is C22H25ClFN3OS2. The lowest BCUT2D eigenvalue weighted by Crippen LogP contribution is -2.39. The van der Waals surface area contributed by atoms with Crippen molar-refractivity contribution in [3.8, 4) is 0 Å². The smallest absolute Gasteiger partial charge is 0.229 e. The minimum atomic E-state index is -0.293. The average Bonchev–Trinajstić information content (AvgIpc) is 3.15. The summed E-state index contributed by atoms with van der Waals surface area (Å²) >= 11 is 8.92. The maximum absolute atomic E-state index is 13.6. The highest BCUT2D eigenvalue weighted by Crippen LogP contribution is 2.30. The van der Waals surface area contributed by atoms with Gasteiger partial charge in [-0.1, -0.05) is 36.8 Å². The lowest BCUT2D eigenvalue weighted by molar-refractivity contribution is -0.118. The number of likely N-dealkylation sites (N-methyl/N-ethyl adjacent to an activating group) is 1. The fraction of sp³-hybridized carbons (Fsp3) is 0.364. The quantitative estimate of drug-likeness (QED) is 0.347. The second-order valence-corrected chi connectivity index (χ2v) is 9.35. The van der Waals surface area contributed by atoms with Gasteiger partial charge in [0.15, 0.2) is 5.13 Å². The van der Waals surface area contributed by atoms with E-state index in [1.54, 1.807) is 22.7 Å². The predicted octanol–water partition coefficient (Wildman–Crippen LogP) is 5.95. The topological polar surface area (TPSA) is 36.4 Å². The Hall–Kier alpha value is -1.67. The Morgan fingerprint density at radius 3 is 2.57 bits per heavy atom. The van der Waals surface area contributed by atoms with Crippen molar-refractivity contribution in [1.29, 1.82) is 0 Å². The number of hydrogen-bond donors (Lipinski definition) is 0. The number of benzene rings is 2. The largest absolute Gasteiger partial charge is 0.302 e. The first-order valence-corrected chi connectivity index (χ1v) is 12.1. The molecule has 0 N–H and O–H groups in total. The first kappa shape index (κ1) is 23.0. The number of fused-ring (bicyclic) bond motifs is 1. The van der Waals surface area contributed by atoms with Crippen LogP contribution in [0.15, 0.2) is 47.4 Å². The summed E-state index contributed by atoms with van der Waals surface area (Å²) in [7, 11) is 0. The zero-order chi connectivity index (χ0) is 21.5. The Bertz CT molecular complexity index is 976. The van der Waals surface area contributed by atoms with Crippen LogP contribution in [0.1, 0.15) is 20.3 Å².